The van der Waals surface area contributed by atoms with Crippen LogP contribution in [0.15, 0.2) is 0 Å². The summed E-state index contributed by atoms with van der Waals surface area (Å²) in [7, 11) is 0. The second kappa shape index (κ2) is 6.16. The molecule has 0 amide bonds. The molecule has 1 aliphatic heterocycles. The number of hydrogen-bond donors (Lipinski definition) is 0. The number of rotatable bonds is 2. The van der Waals surface area contributed by atoms with Crippen LogP contribution in [0, 0.1) is 0 Å². The van der Waals surface area contributed by atoms with Crippen molar-refractivity contribution in [3.05, 3.63) is 0 Å². The molecule has 0 aromatic carbocycles. The number of morpholine rings is 1. The second-order valence-electron chi connectivity index (χ2n) is 3.37. The van der Waals surface area contributed by atoms with Gasteiger partial charge in [0, 0.05) is 23.7 Å². The van der Waals surface area contributed by atoms with E-state index in [1.807, 2.05) is 6.92 Å². The van der Waals surface area contributed by atoms with Crippen molar-refractivity contribution in [3.8, 4) is 0 Å². The largest absolute Gasteiger partial charge is 0.378 e. The first kappa shape index (κ1) is 12.6. The fourth-order valence-corrected chi connectivity index (χ4v) is 2.70. The first-order valence-corrected chi connectivity index (χ1v) is 6.51. The summed E-state index contributed by atoms with van der Waals surface area (Å²) >= 11 is 13.0. The van der Waals surface area contributed by atoms with Crippen LogP contribution in [-0.2, 0) is 4.74 Å². The lowest BCUT2D eigenvalue weighted by atomic mass is 10.4. The Morgan fingerprint density at radius 3 is 2.50 bits per heavy atom. The van der Waals surface area contributed by atoms with Crippen molar-refractivity contribution < 1.29 is 4.74 Å². The zero-order valence-corrected chi connectivity index (χ0v) is 10.9. The van der Waals surface area contributed by atoms with Crippen LogP contribution < -0.4 is 0 Å². The van der Waals surface area contributed by atoms with Crippen LogP contribution in [0.2, 0.25) is 0 Å². The molecule has 0 N–H and O–H groups in total. The van der Waals surface area contributed by atoms with Gasteiger partial charge < -0.3 is 9.64 Å². The van der Waals surface area contributed by atoms with Gasteiger partial charge >= 0.3 is 0 Å². The molecule has 2 unspecified atom stereocenters. The van der Waals surface area contributed by atoms with Gasteiger partial charge in [-0.3, -0.25) is 0 Å². The molecule has 1 rings (SSSR count). The van der Waals surface area contributed by atoms with E-state index in [4.69, 9.17) is 28.6 Å². The lowest BCUT2D eigenvalue weighted by Crippen LogP contribution is -2.39. The molecule has 0 radical (unpaired) electrons. The van der Waals surface area contributed by atoms with E-state index in [0.717, 1.165) is 30.6 Å². The van der Waals surface area contributed by atoms with Crippen LogP contribution >= 0.6 is 35.6 Å². The highest BCUT2D eigenvalue weighted by Crippen LogP contribution is 2.22. The molecule has 0 aromatic rings. The molecule has 5 heteroatoms. The molecule has 1 aliphatic rings. The summed E-state index contributed by atoms with van der Waals surface area (Å²) in [6.45, 7) is 7.50. The topological polar surface area (TPSA) is 12.5 Å². The predicted molar refractivity (Wildman–Crippen MR) is 67.4 cm³/mol. The number of halogens is 1. The molecule has 0 saturated carbocycles. The van der Waals surface area contributed by atoms with Crippen molar-refractivity contribution in [1.29, 1.82) is 0 Å². The summed E-state index contributed by atoms with van der Waals surface area (Å²) in [5.74, 6) is 0. The van der Waals surface area contributed by atoms with Crippen molar-refractivity contribution in [3.63, 3.8) is 0 Å². The molecule has 1 saturated heterocycles. The van der Waals surface area contributed by atoms with Crippen LogP contribution in [0.5, 0.6) is 0 Å². The Morgan fingerprint density at radius 2 is 2.00 bits per heavy atom. The summed E-state index contributed by atoms with van der Waals surface area (Å²) in [6, 6.07) is 0. The number of hydrogen-bond acceptors (Lipinski definition) is 3. The van der Waals surface area contributed by atoms with E-state index in [2.05, 4.69) is 11.8 Å². The fraction of sp³-hybridized carbons (Fsp3) is 0.889. The van der Waals surface area contributed by atoms with Gasteiger partial charge in [0.05, 0.1) is 13.2 Å². The third-order valence-corrected chi connectivity index (χ3v) is 4.52. The Morgan fingerprint density at radius 1 is 1.43 bits per heavy atom. The molecule has 0 bridgehead atoms. The van der Waals surface area contributed by atoms with Crippen molar-refractivity contribution >= 4 is 39.9 Å². The molecular formula is C9H16ClNOS2. The summed E-state index contributed by atoms with van der Waals surface area (Å²) in [6.07, 6.45) is 0. The van der Waals surface area contributed by atoms with Crippen LogP contribution in [0.1, 0.15) is 13.8 Å². The van der Waals surface area contributed by atoms with Crippen LogP contribution in [-0.4, -0.2) is 46.2 Å². The normalized spacial score (nSPS) is 21.8. The lowest BCUT2D eigenvalue weighted by Gasteiger charge is -2.30. The van der Waals surface area contributed by atoms with Gasteiger partial charge in [0.25, 0.3) is 0 Å². The zero-order valence-electron chi connectivity index (χ0n) is 8.53. The van der Waals surface area contributed by atoms with Gasteiger partial charge in [-0.05, 0) is 6.92 Å². The predicted octanol–water partition coefficient (Wildman–Crippen LogP) is 2.35. The monoisotopic (exact) mass is 253 g/mol. The maximum atomic E-state index is 5.99. The van der Waals surface area contributed by atoms with Crippen LogP contribution in [0.3, 0.4) is 0 Å². The van der Waals surface area contributed by atoms with Crippen molar-refractivity contribution in [2.24, 2.45) is 0 Å². The van der Waals surface area contributed by atoms with E-state index in [1.54, 1.807) is 11.8 Å². The smallest absolute Gasteiger partial charge is 0.136 e. The maximum Gasteiger partial charge on any atom is 0.136 e. The van der Waals surface area contributed by atoms with E-state index in [0.29, 0.717) is 5.25 Å². The highest BCUT2D eigenvalue weighted by atomic mass is 35.5. The van der Waals surface area contributed by atoms with Crippen molar-refractivity contribution in [2.45, 2.75) is 24.5 Å². The standard InChI is InChI=1S/C9H16ClNOS2/c1-7(10)8(2)14-9(13)11-3-5-12-6-4-11/h7-8H,3-6H2,1-2H3. The number of alkyl halides is 1. The molecule has 82 valence electrons. The summed E-state index contributed by atoms with van der Waals surface area (Å²) < 4.78 is 6.22. The Labute approximate surface area is 100 Å². The summed E-state index contributed by atoms with van der Waals surface area (Å²) in [5, 5.41) is 0.519. The van der Waals surface area contributed by atoms with Gasteiger partial charge in [-0.1, -0.05) is 30.9 Å². The fourth-order valence-electron chi connectivity index (χ4n) is 1.07. The third kappa shape index (κ3) is 3.93. The molecule has 2 atom stereocenters. The average Bonchev–Trinajstić information content (AvgIpc) is 2.19. The van der Waals surface area contributed by atoms with E-state index in [1.165, 1.54) is 0 Å². The Balaban J connectivity index is 2.33. The molecule has 0 aliphatic carbocycles. The molecule has 1 fully saturated rings. The minimum atomic E-state index is 0.152. The van der Waals surface area contributed by atoms with Gasteiger partial charge in [0.15, 0.2) is 0 Å². The minimum Gasteiger partial charge on any atom is -0.378 e. The zero-order chi connectivity index (χ0) is 10.6. The van der Waals surface area contributed by atoms with Crippen LogP contribution in [0.4, 0.5) is 0 Å². The Bertz CT molecular complexity index is 195. The van der Waals surface area contributed by atoms with E-state index in [9.17, 15) is 0 Å². The van der Waals surface area contributed by atoms with E-state index < -0.39 is 0 Å². The number of nitrogens with zero attached hydrogens (tertiary/aromatic N) is 1. The third-order valence-electron chi connectivity index (χ3n) is 2.20. The highest BCUT2D eigenvalue weighted by molar-refractivity contribution is 8.23. The second-order valence-corrected chi connectivity index (χ2v) is 6.07. The number of ether oxygens (including phenoxy) is 1. The number of thioether (sulfide) groups is 1. The molecule has 0 spiro atoms. The Kier molecular flexibility index (Phi) is 5.52. The molecular weight excluding hydrogens is 238 g/mol. The quantitative estimate of drug-likeness (QED) is 0.553. The first-order chi connectivity index (χ1) is 6.61. The lowest BCUT2D eigenvalue weighted by molar-refractivity contribution is 0.0702. The minimum absolute atomic E-state index is 0.152. The van der Waals surface area contributed by atoms with Gasteiger partial charge in [-0.15, -0.1) is 11.6 Å². The molecule has 0 aromatic heterocycles. The van der Waals surface area contributed by atoms with Crippen LogP contribution in [0.25, 0.3) is 0 Å². The van der Waals surface area contributed by atoms with E-state index >= 15 is 0 Å². The highest BCUT2D eigenvalue weighted by Gasteiger charge is 2.18. The van der Waals surface area contributed by atoms with Crippen molar-refractivity contribution in [2.75, 3.05) is 26.3 Å². The molecule has 14 heavy (non-hydrogen) atoms. The van der Waals surface area contributed by atoms with Gasteiger partial charge in [0.1, 0.15) is 4.32 Å². The summed E-state index contributed by atoms with van der Waals surface area (Å²) in [5.41, 5.74) is 0. The Hall–Kier alpha value is 0.490. The average molecular weight is 254 g/mol. The molecule has 1 heterocycles. The number of thiocarbonyl (C=S) groups is 1. The first-order valence-electron chi connectivity index (χ1n) is 4.78. The van der Waals surface area contributed by atoms with Crippen molar-refractivity contribution in [1.82, 2.24) is 4.90 Å². The molecule has 2 nitrogen and oxygen atoms in total. The van der Waals surface area contributed by atoms with E-state index in [-0.39, 0.29) is 5.38 Å². The maximum absolute atomic E-state index is 5.99. The van der Waals surface area contributed by atoms with Gasteiger partial charge in [-0.2, -0.15) is 0 Å². The SMILES string of the molecule is CC(Cl)C(C)SC(=S)N1CCOCC1. The summed E-state index contributed by atoms with van der Waals surface area (Å²) in [4.78, 5) is 2.19. The van der Waals surface area contributed by atoms with Gasteiger partial charge in [0.2, 0.25) is 0 Å². The van der Waals surface area contributed by atoms with Gasteiger partial charge in [-0.25, -0.2) is 0 Å².